The van der Waals surface area contributed by atoms with Gasteiger partial charge in [0.15, 0.2) is 0 Å². The summed E-state index contributed by atoms with van der Waals surface area (Å²) >= 11 is 0. The first-order chi connectivity index (χ1) is 7.84. The molecule has 1 rings (SSSR count). The maximum absolute atomic E-state index is 3.39. The van der Waals surface area contributed by atoms with Crippen molar-refractivity contribution < 1.29 is 0 Å². The van der Waals surface area contributed by atoms with E-state index in [2.05, 4.69) is 64.2 Å². The van der Waals surface area contributed by atoms with E-state index in [1.54, 1.807) is 0 Å². The van der Waals surface area contributed by atoms with E-state index in [9.17, 15) is 0 Å². The second-order valence-electron chi connectivity index (χ2n) is 6.29. The van der Waals surface area contributed by atoms with Crippen molar-refractivity contribution in [3.63, 3.8) is 0 Å². The third kappa shape index (κ3) is 4.16. The van der Waals surface area contributed by atoms with Gasteiger partial charge in [0.25, 0.3) is 0 Å². The topological polar surface area (TPSA) is 12.0 Å². The molecule has 1 heteroatoms. The molecule has 1 aromatic carbocycles. The zero-order chi connectivity index (χ0) is 13.1. The molecule has 0 aliphatic rings. The molecule has 0 bridgehead atoms. The minimum atomic E-state index is 0.249. The molecular formula is C16H27N. The van der Waals surface area contributed by atoms with Gasteiger partial charge in [0.2, 0.25) is 0 Å². The smallest absolute Gasteiger partial charge is 0.0127 e. The highest BCUT2D eigenvalue weighted by Gasteiger charge is 2.14. The number of benzene rings is 1. The normalized spacial score (nSPS) is 14.1. The van der Waals surface area contributed by atoms with Crippen LogP contribution in [0.3, 0.4) is 0 Å². The highest BCUT2D eigenvalue weighted by atomic mass is 14.9. The molecule has 0 radical (unpaired) electrons. The highest BCUT2D eigenvalue weighted by molar-refractivity contribution is 5.28. The molecule has 1 N–H and O–H groups in total. The lowest BCUT2D eigenvalue weighted by atomic mass is 9.86. The van der Waals surface area contributed by atoms with Gasteiger partial charge in [-0.2, -0.15) is 0 Å². The van der Waals surface area contributed by atoms with Gasteiger partial charge < -0.3 is 5.32 Å². The Morgan fingerprint density at radius 3 is 1.94 bits per heavy atom. The van der Waals surface area contributed by atoms with Crippen molar-refractivity contribution >= 4 is 0 Å². The predicted molar refractivity (Wildman–Crippen MR) is 76.5 cm³/mol. The molecule has 0 aromatic heterocycles. The summed E-state index contributed by atoms with van der Waals surface area (Å²) in [7, 11) is 2.05. The fourth-order valence-corrected chi connectivity index (χ4v) is 2.07. The van der Waals surface area contributed by atoms with Crippen molar-refractivity contribution in [2.75, 3.05) is 7.05 Å². The van der Waals surface area contributed by atoms with E-state index in [0.717, 1.165) is 6.42 Å². The molecule has 0 aliphatic heterocycles. The van der Waals surface area contributed by atoms with Crippen molar-refractivity contribution in [2.45, 2.75) is 52.5 Å². The number of hydrogen-bond acceptors (Lipinski definition) is 1. The van der Waals surface area contributed by atoms with Crippen LogP contribution in [0.15, 0.2) is 24.3 Å². The predicted octanol–water partition coefficient (Wildman–Crippen LogP) is 3.77. The van der Waals surface area contributed by atoms with Crippen LogP contribution in [-0.4, -0.2) is 13.1 Å². The molecule has 0 amide bonds. The SMILES string of the molecule is CNC(Cc1ccc(C(C)(C)C)cc1)C(C)C. The largest absolute Gasteiger partial charge is 0.316 e. The molecular weight excluding hydrogens is 206 g/mol. The van der Waals surface area contributed by atoms with Crippen LogP contribution in [0.25, 0.3) is 0 Å². The van der Waals surface area contributed by atoms with Gasteiger partial charge in [-0.25, -0.2) is 0 Å². The Labute approximate surface area is 107 Å². The summed E-state index contributed by atoms with van der Waals surface area (Å²) < 4.78 is 0. The zero-order valence-electron chi connectivity index (χ0n) is 12.2. The first-order valence-corrected chi connectivity index (χ1v) is 6.61. The summed E-state index contributed by atoms with van der Waals surface area (Å²) in [6, 6.07) is 9.64. The van der Waals surface area contributed by atoms with Gasteiger partial charge in [-0.1, -0.05) is 58.9 Å². The van der Waals surface area contributed by atoms with Crippen molar-refractivity contribution in [3.05, 3.63) is 35.4 Å². The third-order valence-electron chi connectivity index (χ3n) is 3.45. The number of likely N-dealkylation sites (N-methyl/N-ethyl adjacent to an activating group) is 1. The number of rotatable bonds is 4. The third-order valence-corrected chi connectivity index (χ3v) is 3.45. The quantitative estimate of drug-likeness (QED) is 0.834. The minimum absolute atomic E-state index is 0.249. The Bertz CT molecular complexity index is 330. The van der Waals surface area contributed by atoms with Crippen molar-refractivity contribution in [2.24, 2.45) is 5.92 Å². The molecule has 0 saturated heterocycles. The summed E-state index contributed by atoms with van der Waals surface area (Å²) in [4.78, 5) is 0. The Balaban J connectivity index is 2.75. The van der Waals surface area contributed by atoms with Gasteiger partial charge in [-0.05, 0) is 35.9 Å². The lowest BCUT2D eigenvalue weighted by Gasteiger charge is -2.22. The zero-order valence-corrected chi connectivity index (χ0v) is 12.2. The first kappa shape index (κ1) is 14.2. The van der Waals surface area contributed by atoms with E-state index < -0.39 is 0 Å². The monoisotopic (exact) mass is 233 g/mol. The van der Waals surface area contributed by atoms with Crippen molar-refractivity contribution in [3.8, 4) is 0 Å². The highest BCUT2D eigenvalue weighted by Crippen LogP contribution is 2.22. The molecule has 1 atom stereocenters. The lowest BCUT2D eigenvalue weighted by Crippen LogP contribution is -2.32. The van der Waals surface area contributed by atoms with Gasteiger partial charge in [0.05, 0.1) is 0 Å². The molecule has 17 heavy (non-hydrogen) atoms. The lowest BCUT2D eigenvalue weighted by molar-refractivity contribution is 0.424. The minimum Gasteiger partial charge on any atom is -0.316 e. The van der Waals surface area contributed by atoms with E-state index in [-0.39, 0.29) is 5.41 Å². The van der Waals surface area contributed by atoms with Crippen LogP contribution in [0.5, 0.6) is 0 Å². The van der Waals surface area contributed by atoms with Crippen molar-refractivity contribution in [1.29, 1.82) is 0 Å². The second-order valence-corrected chi connectivity index (χ2v) is 6.29. The van der Waals surface area contributed by atoms with Crippen LogP contribution in [0.1, 0.15) is 45.7 Å². The van der Waals surface area contributed by atoms with Crippen LogP contribution in [0.4, 0.5) is 0 Å². The van der Waals surface area contributed by atoms with Crippen LogP contribution in [0, 0.1) is 5.92 Å². The van der Waals surface area contributed by atoms with Gasteiger partial charge in [-0.15, -0.1) is 0 Å². The summed E-state index contributed by atoms with van der Waals surface area (Å²) in [6.07, 6.45) is 1.11. The average Bonchev–Trinajstić information content (AvgIpc) is 2.25. The van der Waals surface area contributed by atoms with Gasteiger partial charge in [0, 0.05) is 6.04 Å². The summed E-state index contributed by atoms with van der Waals surface area (Å²) in [5.41, 5.74) is 3.08. The molecule has 1 aromatic rings. The molecule has 1 unspecified atom stereocenters. The van der Waals surface area contributed by atoms with E-state index in [1.807, 2.05) is 7.05 Å². The fraction of sp³-hybridized carbons (Fsp3) is 0.625. The van der Waals surface area contributed by atoms with Crippen LogP contribution in [-0.2, 0) is 11.8 Å². The molecule has 0 saturated carbocycles. The molecule has 0 aliphatic carbocycles. The van der Waals surface area contributed by atoms with Crippen molar-refractivity contribution in [1.82, 2.24) is 5.32 Å². The standard InChI is InChI=1S/C16H27N/c1-12(2)15(17-6)11-13-7-9-14(10-8-13)16(3,4)5/h7-10,12,15,17H,11H2,1-6H3. The van der Waals surface area contributed by atoms with E-state index in [1.165, 1.54) is 11.1 Å². The van der Waals surface area contributed by atoms with Gasteiger partial charge >= 0.3 is 0 Å². The average molecular weight is 233 g/mol. The first-order valence-electron chi connectivity index (χ1n) is 6.61. The molecule has 96 valence electrons. The van der Waals surface area contributed by atoms with E-state index in [0.29, 0.717) is 12.0 Å². The van der Waals surface area contributed by atoms with Gasteiger partial charge in [-0.3, -0.25) is 0 Å². The van der Waals surface area contributed by atoms with E-state index >= 15 is 0 Å². The Kier molecular flexibility index (Phi) is 4.76. The molecule has 1 nitrogen and oxygen atoms in total. The van der Waals surface area contributed by atoms with E-state index in [4.69, 9.17) is 0 Å². The summed E-state index contributed by atoms with van der Waals surface area (Å²) in [6.45, 7) is 11.3. The summed E-state index contributed by atoms with van der Waals surface area (Å²) in [5, 5.41) is 3.39. The van der Waals surface area contributed by atoms with Crippen LogP contribution >= 0.6 is 0 Å². The molecule has 0 heterocycles. The fourth-order valence-electron chi connectivity index (χ4n) is 2.07. The van der Waals surface area contributed by atoms with Crippen LogP contribution < -0.4 is 5.32 Å². The van der Waals surface area contributed by atoms with Gasteiger partial charge in [0.1, 0.15) is 0 Å². The van der Waals surface area contributed by atoms with Crippen LogP contribution in [0.2, 0.25) is 0 Å². The Hall–Kier alpha value is -0.820. The number of hydrogen-bond donors (Lipinski definition) is 1. The summed E-state index contributed by atoms with van der Waals surface area (Å²) in [5.74, 6) is 0.669. The molecule has 0 spiro atoms. The Morgan fingerprint density at radius 2 is 1.59 bits per heavy atom. The number of nitrogens with one attached hydrogen (secondary N) is 1. The maximum Gasteiger partial charge on any atom is 0.0127 e. The molecule has 0 fully saturated rings. The second kappa shape index (κ2) is 5.68. The maximum atomic E-state index is 3.39. The Morgan fingerprint density at radius 1 is 1.06 bits per heavy atom.